The zero-order valence-electron chi connectivity index (χ0n) is 9.24. The first-order valence-electron chi connectivity index (χ1n) is 5.30. The first-order chi connectivity index (χ1) is 7.51. The summed E-state index contributed by atoms with van der Waals surface area (Å²) in [5, 5.41) is 0. The number of nitrogens with zero attached hydrogens (tertiary/aromatic N) is 1. The lowest BCUT2D eigenvalue weighted by atomic mass is 10.2. The highest BCUT2D eigenvalue weighted by atomic mass is 19.1. The first kappa shape index (κ1) is 11.1. The van der Waals surface area contributed by atoms with Gasteiger partial charge in [-0.25, -0.2) is 4.39 Å². The maximum absolute atomic E-state index is 12.7. The van der Waals surface area contributed by atoms with Crippen LogP contribution in [0, 0.1) is 5.82 Å². The van der Waals surface area contributed by atoms with Gasteiger partial charge in [-0.05, 0) is 30.5 Å². The Morgan fingerprint density at radius 1 is 1.44 bits per heavy atom. The SMILES string of the molecule is CN(Cc1ccc(F)cc1)C(=O)C1(N)CC1. The van der Waals surface area contributed by atoms with Crippen molar-refractivity contribution in [3.63, 3.8) is 0 Å². The normalized spacial score (nSPS) is 16.9. The standard InChI is InChI=1S/C12H15FN2O/c1-15(11(16)12(14)6-7-12)8-9-2-4-10(13)5-3-9/h2-5H,6-8,14H2,1H3. The lowest BCUT2D eigenvalue weighted by Gasteiger charge is -2.20. The number of hydrogen-bond acceptors (Lipinski definition) is 2. The lowest BCUT2D eigenvalue weighted by molar-refractivity contribution is -0.132. The van der Waals surface area contributed by atoms with Crippen molar-refractivity contribution in [2.75, 3.05) is 7.05 Å². The number of nitrogens with two attached hydrogens (primary N) is 1. The van der Waals surface area contributed by atoms with Gasteiger partial charge in [0.25, 0.3) is 0 Å². The Morgan fingerprint density at radius 3 is 2.50 bits per heavy atom. The molecule has 1 aromatic carbocycles. The molecule has 86 valence electrons. The molecule has 0 bridgehead atoms. The Kier molecular flexibility index (Phi) is 2.68. The maximum atomic E-state index is 12.7. The van der Waals surface area contributed by atoms with Crippen LogP contribution in [0.25, 0.3) is 0 Å². The highest BCUT2D eigenvalue weighted by Crippen LogP contribution is 2.34. The Balaban J connectivity index is 1.99. The molecule has 3 nitrogen and oxygen atoms in total. The molecule has 1 amide bonds. The van der Waals surface area contributed by atoms with Crippen LogP contribution in [0.2, 0.25) is 0 Å². The number of likely N-dealkylation sites (N-methyl/N-ethyl adjacent to an activating group) is 1. The number of amides is 1. The van der Waals surface area contributed by atoms with Crippen molar-refractivity contribution in [3.05, 3.63) is 35.6 Å². The number of halogens is 1. The minimum Gasteiger partial charge on any atom is -0.340 e. The van der Waals surface area contributed by atoms with Gasteiger partial charge in [0.2, 0.25) is 5.91 Å². The third-order valence-corrected chi connectivity index (χ3v) is 2.89. The zero-order valence-corrected chi connectivity index (χ0v) is 9.24. The molecule has 0 unspecified atom stereocenters. The van der Waals surface area contributed by atoms with E-state index in [0.29, 0.717) is 6.54 Å². The summed E-state index contributed by atoms with van der Waals surface area (Å²) in [4.78, 5) is 13.4. The molecule has 0 spiro atoms. The number of carbonyl (C=O) groups excluding carboxylic acids is 1. The number of carbonyl (C=O) groups is 1. The predicted molar refractivity (Wildman–Crippen MR) is 59.0 cm³/mol. The lowest BCUT2D eigenvalue weighted by Crippen LogP contribution is -2.43. The van der Waals surface area contributed by atoms with Crippen LogP contribution in [0.3, 0.4) is 0 Å². The summed E-state index contributed by atoms with van der Waals surface area (Å²) in [6.45, 7) is 0.470. The largest absolute Gasteiger partial charge is 0.340 e. The summed E-state index contributed by atoms with van der Waals surface area (Å²) in [7, 11) is 1.72. The van der Waals surface area contributed by atoms with Gasteiger partial charge in [0.15, 0.2) is 0 Å². The molecule has 0 radical (unpaired) electrons. The Bertz CT molecular complexity index is 398. The third kappa shape index (κ3) is 2.22. The van der Waals surface area contributed by atoms with Crippen LogP contribution in [0.15, 0.2) is 24.3 Å². The molecule has 1 aliphatic rings. The van der Waals surface area contributed by atoms with Crippen molar-refractivity contribution in [2.24, 2.45) is 5.73 Å². The van der Waals surface area contributed by atoms with Crippen molar-refractivity contribution in [2.45, 2.75) is 24.9 Å². The molecule has 1 fully saturated rings. The molecule has 1 aliphatic carbocycles. The van der Waals surface area contributed by atoms with Crippen molar-refractivity contribution >= 4 is 5.91 Å². The van der Waals surface area contributed by atoms with Crippen LogP contribution in [0.4, 0.5) is 4.39 Å². The zero-order chi connectivity index (χ0) is 11.8. The van der Waals surface area contributed by atoms with E-state index < -0.39 is 5.54 Å². The molecule has 2 N–H and O–H groups in total. The summed E-state index contributed by atoms with van der Waals surface area (Å²) in [5.41, 5.74) is 6.09. The second kappa shape index (κ2) is 3.87. The van der Waals surface area contributed by atoms with Crippen LogP contribution in [-0.2, 0) is 11.3 Å². The summed E-state index contributed by atoms with van der Waals surface area (Å²) in [6.07, 6.45) is 1.53. The molecule has 16 heavy (non-hydrogen) atoms. The van der Waals surface area contributed by atoms with Crippen molar-refractivity contribution in [3.8, 4) is 0 Å². The average molecular weight is 222 g/mol. The smallest absolute Gasteiger partial charge is 0.242 e. The predicted octanol–water partition coefficient (Wildman–Crippen LogP) is 1.28. The number of rotatable bonds is 3. The van der Waals surface area contributed by atoms with E-state index in [1.165, 1.54) is 12.1 Å². The van der Waals surface area contributed by atoms with Crippen molar-refractivity contribution < 1.29 is 9.18 Å². The van der Waals surface area contributed by atoms with Crippen LogP contribution in [0.5, 0.6) is 0 Å². The molecular formula is C12H15FN2O. The van der Waals surface area contributed by atoms with E-state index in [1.54, 1.807) is 24.1 Å². The van der Waals surface area contributed by atoms with Gasteiger partial charge in [-0.2, -0.15) is 0 Å². The fraction of sp³-hybridized carbons (Fsp3) is 0.417. The highest BCUT2D eigenvalue weighted by molar-refractivity contribution is 5.88. The van der Waals surface area contributed by atoms with Gasteiger partial charge in [-0.3, -0.25) is 4.79 Å². The Hall–Kier alpha value is -1.42. The molecule has 0 aliphatic heterocycles. The van der Waals surface area contributed by atoms with Crippen LogP contribution in [0.1, 0.15) is 18.4 Å². The average Bonchev–Trinajstić information content (AvgIpc) is 3.00. The summed E-state index contributed by atoms with van der Waals surface area (Å²) >= 11 is 0. The molecule has 0 atom stereocenters. The van der Waals surface area contributed by atoms with E-state index in [-0.39, 0.29) is 11.7 Å². The molecule has 0 saturated heterocycles. The van der Waals surface area contributed by atoms with Gasteiger partial charge in [0.1, 0.15) is 5.82 Å². The molecule has 1 saturated carbocycles. The van der Waals surface area contributed by atoms with E-state index in [2.05, 4.69) is 0 Å². The first-order valence-corrected chi connectivity index (χ1v) is 5.30. The second-order valence-electron chi connectivity index (χ2n) is 4.44. The van der Waals surface area contributed by atoms with Crippen LogP contribution >= 0.6 is 0 Å². The van der Waals surface area contributed by atoms with Gasteiger partial charge in [-0.1, -0.05) is 12.1 Å². The van der Waals surface area contributed by atoms with Gasteiger partial charge in [0, 0.05) is 13.6 Å². The fourth-order valence-electron chi connectivity index (χ4n) is 1.66. The topological polar surface area (TPSA) is 46.3 Å². The van der Waals surface area contributed by atoms with Gasteiger partial charge >= 0.3 is 0 Å². The quantitative estimate of drug-likeness (QED) is 0.837. The van der Waals surface area contributed by atoms with Gasteiger partial charge in [0.05, 0.1) is 5.54 Å². The van der Waals surface area contributed by atoms with Crippen molar-refractivity contribution in [1.82, 2.24) is 4.90 Å². The van der Waals surface area contributed by atoms with E-state index in [1.807, 2.05) is 0 Å². The van der Waals surface area contributed by atoms with E-state index >= 15 is 0 Å². The number of benzene rings is 1. The van der Waals surface area contributed by atoms with E-state index in [0.717, 1.165) is 18.4 Å². The Labute approximate surface area is 94.0 Å². The van der Waals surface area contributed by atoms with Gasteiger partial charge < -0.3 is 10.6 Å². The maximum Gasteiger partial charge on any atom is 0.242 e. The summed E-state index contributed by atoms with van der Waals surface area (Å²) in [6, 6.07) is 6.14. The summed E-state index contributed by atoms with van der Waals surface area (Å²) in [5.74, 6) is -0.299. The monoisotopic (exact) mass is 222 g/mol. The molecular weight excluding hydrogens is 207 g/mol. The fourth-order valence-corrected chi connectivity index (χ4v) is 1.66. The van der Waals surface area contributed by atoms with Crippen molar-refractivity contribution in [1.29, 1.82) is 0 Å². The molecule has 0 heterocycles. The van der Waals surface area contributed by atoms with Gasteiger partial charge in [-0.15, -0.1) is 0 Å². The van der Waals surface area contributed by atoms with Crippen LogP contribution < -0.4 is 5.73 Å². The summed E-state index contributed by atoms with van der Waals surface area (Å²) < 4.78 is 12.7. The molecule has 2 rings (SSSR count). The molecule has 4 heteroatoms. The van der Waals surface area contributed by atoms with E-state index in [4.69, 9.17) is 5.73 Å². The minimum absolute atomic E-state index is 0.0307. The highest BCUT2D eigenvalue weighted by Gasteiger charge is 2.47. The Morgan fingerprint density at radius 2 is 2.00 bits per heavy atom. The van der Waals surface area contributed by atoms with E-state index in [9.17, 15) is 9.18 Å². The molecule has 1 aromatic rings. The molecule has 0 aromatic heterocycles. The number of hydrogen-bond donors (Lipinski definition) is 1. The minimum atomic E-state index is -0.630. The van der Waals surface area contributed by atoms with Crippen LogP contribution in [-0.4, -0.2) is 23.4 Å². The third-order valence-electron chi connectivity index (χ3n) is 2.89. The second-order valence-corrected chi connectivity index (χ2v) is 4.44.